The Morgan fingerprint density at radius 3 is 2.46 bits per heavy atom. The molecule has 1 saturated carbocycles. The number of urea groups is 1. The van der Waals surface area contributed by atoms with Crippen LogP contribution in [0.3, 0.4) is 0 Å². The fourth-order valence-corrected chi connectivity index (χ4v) is 2.20. The molecule has 2 rings (SSSR count). The Hall–Kier alpha value is -2.73. The normalized spacial score (nSPS) is 18.4. The predicted octanol–water partition coefficient (Wildman–Crippen LogP) is -1.54. The Labute approximate surface area is 148 Å². The van der Waals surface area contributed by atoms with Gasteiger partial charge < -0.3 is 36.7 Å². The zero-order valence-electron chi connectivity index (χ0n) is 14.1. The first-order valence-corrected chi connectivity index (χ1v) is 8.01. The molecule has 1 aliphatic carbocycles. The number of aliphatic carboxylic acids is 1. The van der Waals surface area contributed by atoms with Gasteiger partial charge in [0.05, 0.1) is 11.6 Å². The number of nitrogens with zero attached hydrogens (tertiary/aromatic N) is 2. The molecule has 3 atom stereocenters. The lowest BCUT2D eigenvalue weighted by atomic mass is 10.1. The fraction of sp³-hybridized carbons (Fsp3) is 0.643. The first-order chi connectivity index (χ1) is 12.1. The standard InChI is InChI=1S/C14H22N6O6/c1-6(21)9(11(23)24)18-13(25)17-7(2-3-8(15)22)10-19-20-12(26-10)14(16)4-5-14/h6-7,9,21H,2-5,16H2,1H3,(H2,15,22)(H,23,24)(H2,17,18,25). The van der Waals surface area contributed by atoms with E-state index in [1.807, 2.05) is 0 Å². The fourth-order valence-electron chi connectivity index (χ4n) is 2.20. The van der Waals surface area contributed by atoms with E-state index in [0.717, 1.165) is 0 Å². The van der Waals surface area contributed by atoms with Gasteiger partial charge in [-0.15, -0.1) is 10.2 Å². The average molecular weight is 370 g/mol. The summed E-state index contributed by atoms with van der Waals surface area (Å²) < 4.78 is 5.50. The van der Waals surface area contributed by atoms with Crippen molar-refractivity contribution in [2.45, 2.75) is 56.3 Å². The van der Waals surface area contributed by atoms with Crippen molar-refractivity contribution in [2.75, 3.05) is 0 Å². The number of carbonyl (C=O) groups excluding carboxylic acids is 2. The number of hydrogen-bond donors (Lipinski definition) is 6. The second kappa shape index (κ2) is 7.66. The van der Waals surface area contributed by atoms with Gasteiger partial charge in [0.1, 0.15) is 6.04 Å². The number of carboxylic acid groups (broad SMARTS) is 1. The van der Waals surface area contributed by atoms with Gasteiger partial charge >= 0.3 is 12.0 Å². The number of nitrogens with one attached hydrogen (secondary N) is 2. The van der Waals surface area contributed by atoms with Crippen molar-refractivity contribution in [3.05, 3.63) is 11.8 Å². The van der Waals surface area contributed by atoms with Gasteiger partial charge in [0, 0.05) is 6.42 Å². The van der Waals surface area contributed by atoms with Crippen LogP contribution in [0, 0.1) is 0 Å². The molecule has 12 heteroatoms. The molecular formula is C14H22N6O6. The number of primary amides is 1. The van der Waals surface area contributed by atoms with Crippen LogP contribution in [-0.2, 0) is 15.1 Å². The van der Waals surface area contributed by atoms with Crippen LogP contribution < -0.4 is 22.1 Å². The van der Waals surface area contributed by atoms with Gasteiger partial charge in [-0.1, -0.05) is 0 Å². The third-order valence-electron chi connectivity index (χ3n) is 3.97. The van der Waals surface area contributed by atoms with E-state index in [-0.39, 0.29) is 24.6 Å². The summed E-state index contributed by atoms with van der Waals surface area (Å²) in [6.45, 7) is 1.23. The smallest absolute Gasteiger partial charge is 0.328 e. The number of hydrogen-bond acceptors (Lipinski definition) is 8. The van der Waals surface area contributed by atoms with Gasteiger partial charge in [-0.05, 0) is 26.2 Å². The molecule has 0 aromatic carbocycles. The van der Waals surface area contributed by atoms with Crippen molar-refractivity contribution in [1.29, 1.82) is 0 Å². The molecule has 12 nitrogen and oxygen atoms in total. The van der Waals surface area contributed by atoms with E-state index in [9.17, 15) is 19.5 Å². The van der Waals surface area contributed by atoms with Crippen molar-refractivity contribution in [3.8, 4) is 0 Å². The van der Waals surface area contributed by atoms with Crippen molar-refractivity contribution in [1.82, 2.24) is 20.8 Å². The number of carbonyl (C=O) groups is 3. The van der Waals surface area contributed by atoms with Gasteiger partial charge in [-0.25, -0.2) is 9.59 Å². The van der Waals surface area contributed by atoms with Crippen LogP contribution in [-0.4, -0.2) is 50.5 Å². The third kappa shape index (κ3) is 4.89. The summed E-state index contributed by atoms with van der Waals surface area (Å²) in [6.07, 6.45) is 0.0694. The summed E-state index contributed by atoms with van der Waals surface area (Å²) in [7, 11) is 0. The number of amides is 3. The van der Waals surface area contributed by atoms with Crippen LogP contribution in [0.5, 0.6) is 0 Å². The lowest BCUT2D eigenvalue weighted by molar-refractivity contribution is -0.141. The lowest BCUT2D eigenvalue weighted by Gasteiger charge is -2.20. The van der Waals surface area contributed by atoms with E-state index in [0.29, 0.717) is 12.8 Å². The molecule has 1 heterocycles. The van der Waals surface area contributed by atoms with Crippen molar-refractivity contribution in [3.63, 3.8) is 0 Å². The summed E-state index contributed by atoms with van der Waals surface area (Å²) in [5, 5.41) is 30.7. The Bertz CT molecular complexity index is 685. The SMILES string of the molecule is CC(O)C(NC(=O)NC(CCC(N)=O)c1nnc(C2(N)CC2)o1)C(=O)O. The maximum Gasteiger partial charge on any atom is 0.328 e. The molecule has 1 fully saturated rings. The summed E-state index contributed by atoms with van der Waals surface area (Å²) in [4.78, 5) is 34.2. The van der Waals surface area contributed by atoms with E-state index in [1.165, 1.54) is 6.92 Å². The van der Waals surface area contributed by atoms with E-state index < -0.39 is 41.6 Å². The van der Waals surface area contributed by atoms with Gasteiger partial charge in [0.2, 0.25) is 17.7 Å². The minimum atomic E-state index is -1.51. The molecule has 0 radical (unpaired) electrons. The number of rotatable bonds is 9. The first-order valence-electron chi connectivity index (χ1n) is 8.01. The Morgan fingerprint density at radius 2 is 1.96 bits per heavy atom. The molecule has 26 heavy (non-hydrogen) atoms. The zero-order valence-corrected chi connectivity index (χ0v) is 14.1. The minimum Gasteiger partial charge on any atom is -0.480 e. The molecule has 3 amide bonds. The van der Waals surface area contributed by atoms with Crippen LogP contribution in [0.25, 0.3) is 0 Å². The highest BCUT2D eigenvalue weighted by molar-refractivity contribution is 5.83. The van der Waals surface area contributed by atoms with E-state index in [1.54, 1.807) is 0 Å². The quantitative estimate of drug-likeness (QED) is 0.297. The summed E-state index contributed by atoms with van der Waals surface area (Å²) in [6, 6.07) is -3.28. The molecule has 0 saturated heterocycles. The molecule has 1 aliphatic rings. The maximum absolute atomic E-state index is 12.1. The second-order valence-corrected chi connectivity index (χ2v) is 6.33. The number of aliphatic hydroxyl groups excluding tert-OH is 1. The van der Waals surface area contributed by atoms with Crippen LogP contribution in [0.4, 0.5) is 4.79 Å². The van der Waals surface area contributed by atoms with Crippen LogP contribution in [0.15, 0.2) is 4.42 Å². The largest absolute Gasteiger partial charge is 0.480 e. The Morgan fingerprint density at radius 1 is 1.31 bits per heavy atom. The molecule has 1 aromatic heterocycles. The molecule has 0 aliphatic heterocycles. The Balaban J connectivity index is 2.09. The highest BCUT2D eigenvalue weighted by Crippen LogP contribution is 2.42. The van der Waals surface area contributed by atoms with Crippen molar-refractivity contribution >= 4 is 17.9 Å². The first kappa shape index (κ1) is 19.6. The van der Waals surface area contributed by atoms with E-state index in [2.05, 4.69) is 20.8 Å². The number of carboxylic acids is 1. The summed E-state index contributed by atoms with van der Waals surface area (Å²) in [5.41, 5.74) is 10.4. The molecule has 0 bridgehead atoms. The van der Waals surface area contributed by atoms with Gasteiger partial charge in [0.15, 0.2) is 6.04 Å². The molecule has 3 unspecified atom stereocenters. The predicted molar refractivity (Wildman–Crippen MR) is 85.3 cm³/mol. The Kier molecular flexibility index (Phi) is 5.77. The van der Waals surface area contributed by atoms with E-state index >= 15 is 0 Å². The summed E-state index contributed by atoms with van der Waals surface area (Å²) in [5.74, 6) is -1.74. The van der Waals surface area contributed by atoms with E-state index in [4.69, 9.17) is 21.0 Å². The molecule has 144 valence electrons. The van der Waals surface area contributed by atoms with Crippen molar-refractivity contribution < 1.29 is 29.0 Å². The van der Waals surface area contributed by atoms with Crippen LogP contribution >= 0.6 is 0 Å². The van der Waals surface area contributed by atoms with Crippen LogP contribution in [0.1, 0.15) is 50.4 Å². The third-order valence-corrected chi connectivity index (χ3v) is 3.97. The number of nitrogens with two attached hydrogens (primary N) is 2. The van der Waals surface area contributed by atoms with Crippen LogP contribution in [0.2, 0.25) is 0 Å². The second-order valence-electron chi connectivity index (χ2n) is 6.33. The van der Waals surface area contributed by atoms with Crippen molar-refractivity contribution in [2.24, 2.45) is 11.5 Å². The average Bonchev–Trinajstić information content (AvgIpc) is 3.10. The highest BCUT2D eigenvalue weighted by Gasteiger charge is 2.45. The summed E-state index contributed by atoms with van der Waals surface area (Å²) >= 11 is 0. The zero-order chi connectivity index (χ0) is 19.5. The maximum atomic E-state index is 12.1. The highest BCUT2D eigenvalue weighted by atomic mass is 16.4. The lowest BCUT2D eigenvalue weighted by Crippen LogP contribution is -2.51. The molecule has 0 spiro atoms. The molecular weight excluding hydrogens is 348 g/mol. The van der Waals surface area contributed by atoms with Gasteiger partial charge in [0.25, 0.3) is 0 Å². The molecule has 1 aromatic rings. The minimum absolute atomic E-state index is 0.0250. The number of aliphatic hydroxyl groups is 1. The topological polar surface area (TPSA) is 207 Å². The monoisotopic (exact) mass is 370 g/mol. The van der Waals surface area contributed by atoms with Gasteiger partial charge in [-0.2, -0.15) is 0 Å². The number of aromatic nitrogens is 2. The van der Waals surface area contributed by atoms with Gasteiger partial charge in [-0.3, -0.25) is 4.79 Å². The molecule has 8 N–H and O–H groups in total.